The lowest BCUT2D eigenvalue weighted by atomic mass is 10.0. The maximum atomic E-state index is 13.6. The number of aromatic nitrogens is 2. The van der Waals surface area contributed by atoms with E-state index in [0.29, 0.717) is 134 Å². The van der Waals surface area contributed by atoms with Crippen molar-refractivity contribution in [1.82, 2.24) is 36.6 Å². The third-order valence-electron chi connectivity index (χ3n) is 10.7. The number of hydrogen-bond acceptors (Lipinski definition) is 14. The van der Waals surface area contributed by atoms with Gasteiger partial charge in [0.15, 0.2) is 11.6 Å². The monoisotopic (exact) mass is 1010 g/mol. The van der Waals surface area contributed by atoms with Crippen molar-refractivity contribution in [1.29, 1.82) is 0 Å². The first-order valence-corrected chi connectivity index (χ1v) is 25.3. The summed E-state index contributed by atoms with van der Waals surface area (Å²) in [6, 6.07) is 15.1. The summed E-state index contributed by atoms with van der Waals surface area (Å²) in [6.45, 7) is 12.9. The van der Waals surface area contributed by atoms with Crippen LogP contribution in [-0.4, -0.2) is 142 Å². The van der Waals surface area contributed by atoms with Crippen LogP contribution in [0.25, 0.3) is 0 Å². The van der Waals surface area contributed by atoms with Crippen LogP contribution >= 0.6 is 11.8 Å². The Labute approximate surface area is 420 Å². The van der Waals surface area contributed by atoms with Crippen molar-refractivity contribution in [3.8, 4) is 5.75 Å². The Morgan fingerprint density at radius 1 is 0.746 bits per heavy atom. The molecular formula is C50H72FN9O10S. The van der Waals surface area contributed by atoms with Gasteiger partial charge in [-0.3, -0.25) is 19.2 Å². The minimum atomic E-state index is -0.545. The molecule has 0 radical (unpaired) electrons. The van der Waals surface area contributed by atoms with E-state index in [4.69, 9.17) is 23.7 Å². The molecule has 2 aliphatic rings. The van der Waals surface area contributed by atoms with Gasteiger partial charge in [-0.1, -0.05) is 36.8 Å². The third-order valence-corrected chi connectivity index (χ3v) is 12.2. The number of unbranched alkanes of at least 4 members (excludes halogenated alkanes) is 1. The second-order valence-corrected chi connectivity index (χ2v) is 17.9. The van der Waals surface area contributed by atoms with Gasteiger partial charge in [-0.25, -0.2) is 19.2 Å². The minimum Gasteiger partial charge on any atom is -0.491 e. The van der Waals surface area contributed by atoms with Crippen LogP contribution in [0.1, 0.15) is 69.2 Å². The van der Waals surface area contributed by atoms with Gasteiger partial charge in [0.1, 0.15) is 18.2 Å². The van der Waals surface area contributed by atoms with Gasteiger partial charge < -0.3 is 60.9 Å². The fraction of sp³-hybridized carbons (Fsp3) is 0.540. The topological polar surface area (TPSA) is 241 Å². The van der Waals surface area contributed by atoms with E-state index in [1.807, 2.05) is 43.0 Å². The molecule has 3 atom stereocenters. The first kappa shape index (κ1) is 57.7. The predicted molar refractivity (Wildman–Crippen MR) is 271 cm³/mol. The van der Waals surface area contributed by atoms with Gasteiger partial charge in [-0.2, -0.15) is 11.8 Å². The molecule has 5 rings (SSSR count). The van der Waals surface area contributed by atoms with E-state index >= 15 is 0 Å². The van der Waals surface area contributed by atoms with Gasteiger partial charge in [0.2, 0.25) is 23.6 Å². The molecule has 2 aliphatic heterocycles. The summed E-state index contributed by atoms with van der Waals surface area (Å²) in [6.07, 6.45) is 8.17. The molecule has 1 aromatic heterocycles. The molecular weight excluding hydrogens is 938 g/mol. The van der Waals surface area contributed by atoms with Crippen molar-refractivity contribution < 1.29 is 52.0 Å². The summed E-state index contributed by atoms with van der Waals surface area (Å²) in [5, 5.41) is 20.5. The number of rotatable bonds is 34. The number of ether oxygens (including phenoxy) is 5. The second-order valence-electron chi connectivity index (χ2n) is 16.6. The number of thioether (sulfide) groups is 1. The van der Waals surface area contributed by atoms with Crippen molar-refractivity contribution in [2.45, 2.75) is 89.0 Å². The molecule has 0 saturated carbocycles. The molecule has 2 aromatic carbocycles. The molecule has 2 saturated heterocycles. The zero-order chi connectivity index (χ0) is 50.9. The Hall–Kier alpha value is -5.87. The number of anilines is 3. The molecule has 19 nitrogen and oxygen atoms in total. The normalized spacial score (nSPS) is 15.5. The molecule has 21 heteroatoms. The van der Waals surface area contributed by atoms with Crippen LogP contribution in [0, 0.1) is 19.7 Å². The lowest BCUT2D eigenvalue weighted by Crippen LogP contribution is -2.36. The number of nitrogens with one attached hydrogen (secondary N) is 7. The highest BCUT2D eigenvalue weighted by Gasteiger charge is 2.42. The maximum Gasteiger partial charge on any atom is 0.315 e. The number of nitrogens with zero attached hydrogens (tertiary/aromatic N) is 2. The smallest absolute Gasteiger partial charge is 0.315 e. The van der Waals surface area contributed by atoms with Crippen LogP contribution in [0.4, 0.5) is 26.4 Å². The summed E-state index contributed by atoms with van der Waals surface area (Å²) in [4.78, 5) is 66.4. The number of carbonyl (C=O) groups is 5. The fourth-order valence-corrected chi connectivity index (χ4v) is 8.60. The number of carbonyl (C=O) groups excluding carboxylic acids is 5. The van der Waals surface area contributed by atoms with E-state index in [9.17, 15) is 28.4 Å². The fourth-order valence-electron chi connectivity index (χ4n) is 7.06. The SMILES string of the molecule is C=CC(=O)Nc1cccc(Nc2nc(C)ncc2F)c1.Cc1ccc(OCCOCCNC(=O)CCCC(=O)NCCCOCCOCCOCCCNC(=O)CCCCC2SCC3NC(=O)NC32)cc1. The highest BCUT2D eigenvalue weighted by atomic mass is 32.2. The van der Waals surface area contributed by atoms with Gasteiger partial charge in [0.05, 0.1) is 57.9 Å². The molecule has 3 aromatic rings. The van der Waals surface area contributed by atoms with Crippen molar-refractivity contribution in [2.24, 2.45) is 0 Å². The molecule has 0 bridgehead atoms. The van der Waals surface area contributed by atoms with E-state index < -0.39 is 5.82 Å². The summed E-state index contributed by atoms with van der Waals surface area (Å²) in [7, 11) is 0. The number of fused-ring (bicyclic) bond motifs is 1. The predicted octanol–water partition coefficient (Wildman–Crippen LogP) is 5.26. The van der Waals surface area contributed by atoms with E-state index in [1.54, 1.807) is 31.2 Å². The van der Waals surface area contributed by atoms with Crippen LogP contribution in [0.5, 0.6) is 5.75 Å². The third kappa shape index (κ3) is 25.2. The molecule has 2 fully saturated rings. The number of benzene rings is 2. The Morgan fingerprint density at radius 3 is 2.03 bits per heavy atom. The van der Waals surface area contributed by atoms with Gasteiger partial charge in [-0.15, -0.1) is 0 Å². The Morgan fingerprint density at radius 2 is 1.35 bits per heavy atom. The highest BCUT2D eigenvalue weighted by Crippen LogP contribution is 2.33. The highest BCUT2D eigenvalue weighted by molar-refractivity contribution is 8.00. The summed E-state index contributed by atoms with van der Waals surface area (Å²) in [5.74, 6) is 1.35. The van der Waals surface area contributed by atoms with Crippen LogP contribution in [0.2, 0.25) is 0 Å². The van der Waals surface area contributed by atoms with Crippen molar-refractivity contribution in [2.75, 3.05) is 95.5 Å². The van der Waals surface area contributed by atoms with Crippen molar-refractivity contribution in [3.63, 3.8) is 0 Å². The average Bonchev–Trinajstić information content (AvgIpc) is 3.92. The molecule has 3 unspecified atom stereocenters. The zero-order valence-electron chi connectivity index (χ0n) is 41.0. The van der Waals surface area contributed by atoms with Gasteiger partial charge >= 0.3 is 6.03 Å². The number of aryl methyl sites for hydroxylation is 2. The van der Waals surface area contributed by atoms with Gasteiger partial charge in [-0.05, 0) is 82.4 Å². The van der Waals surface area contributed by atoms with E-state index in [0.717, 1.165) is 43.4 Å². The number of urea groups is 1. The molecule has 7 N–H and O–H groups in total. The second kappa shape index (κ2) is 34.5. The first-order valence-electron chi connectivity index (χ1n) is 24.3. The Bertz CT molecular complexity index is 2090. The zero-order valence-corrected chi connectivity index (χ0v) is 41.8. The number of halogens is 1. The van der Waals surface area contributed by atoms with Crippen LogP contribution in [0.15, 0.2) is 67.4 Å². The largest absolute Gasteiger partial charge is 0.491 e. The average molecular weight is 1010 g/mol. The summed E-state index contributed by atoms with van der Waals surface area (Å²) < 4.78 is 41.2. The quantitative estimate of drug-likeness (QED) is 0.0230. The van der Waals surface area contributed by atoms with E-state index in [-0.39, 0.29) is 47.6 Å². The lowest BCUT2D eigenvalue weighted by molar-refractivity contribution is -0.123. The Kier molecular flexibility index (Phi) is 28.0. The van der Waals surface area contributed by atoms with E-state index in [1.165, 1.54) is 11.6 Å². The van der Waals surface area contributed by atoms with Gasteiger partial charge in [0.25, 0.3) is 0 Å². The lowest BCUT2D eigenvalue weighted by Gasteiger charge is -2.16. The van der Waals surface area contributed by atoms with Crippen molar-refractivity contribution in [3.05, 3.63) is 84.6 Å². The summed E-state index contributed by atoms with van der Waals surface area (Å²) >= 11 is 1.90. The number of amides is 6. The van der Waals surface area contributed by atoms with Crippen LogP contribution in [0.3, 0.4) is 0 Å². The molecule has 6 amide bonds. The van der Waals surface area contributed by atoms with Crippen molar-refractivity contribution >= 4 is 58.6 Å². The Balaban J connectivity index is 0.000000453. The molecule has 3 heterocycles. The van der Waals surface area contributed by atoms with E-state index in [2.05, 4.69) is 53.8 Å². The van der Waals surface area contributed by atoms with Gasteiger partial charge in [0, 0.05) is 74.5 Å². The van der Waals surface area contributed by atoms with Crippen LogP contribution < -0.4 is 42.0 Å². The maximum absolute atomic E-state index is 13.6. The standard InChI is InChI=1S/C36H59N5O9S.C14H13FN4O/c1-28-11-13-29(14-12-28)50-26-25-48-20-17-39-34(44)10-4-9-33(43)38-16-6-19-47-22-24-49-23-21-46-18-5-15-37-32(42)8-3-2-7-31-35-30(27-51-31)40-36(45)41-35;1-3-13(20)18-10-5-4-6-11(7-10)19-14-12(15)8-16-9(2)17-14/h11-14,30-31,35H,2-10,15-27H2,1H3,(H,37,42)(H,38,43)(H,39,44)(H2,40,41,45);3-8H,1H2,2H3,(H,18,20)(H,16,17,19). The van der Waals surface area contributed by atoms with Crippen LogP contribution in [-0.2, 0) is 38.1 Å². The molecule has 0 aliphatic carbocycles. The summed E-state index contributed by atoms with van der Waals surface area (Å²) in [5.41, 5.74) is 2.36. The first-order chi connectivity index (χ1) is 34.5. The molecule has 71 heavy (non-hydrogen) atoms. The molecule has 390 valence electrons. The minimum absolute atomic E-state index is 0.0615. The number of hydrogen-bond donors (Lipinski definition) is 7. The molecule has 0 spiro atoms.